The third kappa shape index (κ3) is 6.06. The summed E-state index contributed by atoms with van der Waals surface area (Å²) in [7, 11) is 0. The van der Waals surface area contributed by atoms with Crippen molar-refractivity contribution in [2.24, 2.45) is 4.99 Å². The molecule has 0 aliphatic carbocycles. The van der Waals surface area contributed by atoms with Crippen molar-refractivity contribution >= 4 is 55.2 Å². The fourth-order valence-electron chi connectivity index (χ4n) is 4.47. The smallest absolute Gasteiger partial charge is 0.338 e. The maximum atomic E-state index is 14.0. The molecule has 0 radical (unpaired) electrons. The molecule has 8 nitrogen and oxygen atoms in total. The van der Waals surface area contributed by atoms with Crippen LogP contribution in [0, 0.1) is 0 Å². The fraction of sp³-hybridized carbons (Fsp3) is 0.345. The first kappa shape index (κ1) is 30.1. The van der Waals surface area contributed by atoms with Crippen LogP contribution in [-0.2, 0) is 9.53 Å². The zero-order valence-corrected chi connectivity index (χ0v) is 26.9. The number of thiazole rings is 1. The van der Waals surface area contributed by atoms with Gasteiger partial charge >= 0.3 is 5.97 Å². The van der Waals surface area contributed by atoms with E-state index in [4.69, 9.17) is 18.9 Å². The topological polar surface area (TPSA) is 88.4 Å². The molecule has 0 bridgehead atoms. The Morgan fingerprint density at radius 1 is 1.00 bits per heavy atom. The molecule has 4 rings (SSSR count). The lowest BCUT2D eigenvalue weighted by molar-refractivity contribution is -0.139. The van der Waals surface area contributed by atoms with Crippen molar-refractivity contribution in [3.8, 4) is 17.2 Å². The van der Waals surface area contributed by atoms with Crippen LogP contribution in [0.5, 0.6) is 17.2 Å². The molecule has 1 aromatic heterocycles. The van der Waals surface area contributed by atoms with E-state index in [0.29, 0.717) is 63.2 Å². The first-order valence-electron chi connectivity index (χ1n) is 12.9. The maximum absolute atomic E-state index is 14.0. The van der Waals surface area contributed by atoms with Gasteiger partial charge in [-0.1, -0.05) is 33.3 Å². The van der Waals surface area contributed by atoms with Gasteiger partial charge in [-0.25, -0.2) is 9.79 Å². The SMILES string of the molecule is CCOC(=O)C1=C(C)N=c2s/c(=C\c3cc(Br)cc(Br)c3OCC)c(=O)n2[C@H]1c1ccc(OCC)c(OCC)c1. The first-order valence-corrected chi connectivity index (χ1v) is 15.3. The molecule has 0 N–H and O–H groups in total. The monoisotopic (exact) mass is 692 g/mol. The van der Waals surface area contributed by atoms with Gasteiger partial charge in [0.05, 0.1) is 52.7 Å². The number of aromatic nitrogens is 1. The molecule has 0 saturated carbocycles. The minimum absolute atomic E-state index is 0.193. The minimum Gasteiger partial charge on any atom is -0.492 e. The van der Waals surface area contributed by atoms with E-state index in [0.717, 1.165) is 14.5 Å². The van der Waals surface area contributed by atoms with Gasteiger partial charge in [-0.05, 0) is 86.5 Å². The molecule has 11 heteroatoms. The number of halogens is 2. The van der Waals surface area contributed by atoms with Gasteiger partial charge in [-0.3, -0.25) is 9.36 Å². The number of nitrogens with zero attached hydrogens (tertiary/aromatic N) is 2. The van der Waals surface area contributed by atoms with E-state index in [2.05, 4.69) is 36.9 Å². The number of hydrogen-bond donors (Lipinski definition) is 0. The molecule has 0 fully saturated rings. The predicted molar refractivity (Wildman–Crippen MR) is 162 cm³/mol. The third-order valence-corrected chi connectivity index (χ3v) is 8.04. The van der Waals surface area contributed by atoms with E-state index in [9.17, 15) is 9.59 Å². The Bertz CT molecular complexity index is 1640. The molecule has 0 amide bonds. The molecule has 0 saturated heterocycles. The van der Waals surface area contributed by atoms with Gasteiger partial charge in [0.2, 0.25) is 0 Å². The van der Waals surface area contributed by atoms with Crippen LogP contribution in [0.4, 0.5) is 0 Å². The van der Waals surface area contributed by atoms with Crippen LogP contribution >= 0.6 is 43.2 Å². The van der Waals surface area contributed by atoms with E-state index in [-0.39, 0.29) is 12.2 Å². The minimum atomic E-state index is -0.770. The first-order chi connectivity index (χ1) is 19.2. The quantitative estimate of drug-likeness (QED) is 0.260. The molecule has 1 atom stereocenters. The highest BCUT2D eigenvalue weighted by atomic mass is 79.9. The van der Waals surface area contributed by atoms with Crippen LogP contribution in [0.1, 0.15) is 51.8 Å². The van der Waals surface area contributed by atoms with Crippen LogP contribution in [0.25, 0.3) is 6.08 Å². The molecule has 3 aromatic rings. The summed E-state index contributed by atoms with van der Waals surface area (Å²) in [5.74, 6) is 1.22. The standard InChI is InChI=1S/C29H30Br2N2O6S/c1-6-36-21-11-10-17(13-22(21)37-7-2)25-24(28(35)39-9-4)16(5)32-29-33(25)27(34)23(40-29)14-18-12-19(30)15-20(31)26(18)38-8-3/h10-15,25H,6-9H2,1-5H3/b23-14-/t25-/m0/s1. The molecule has 2 aromatic carbocycles. The van der Waals surface area contributed by atoms with Gasteiger partial charge in [0.15, 0.2) is 16.3 Å². The Labute approximate surface area is 253 Å². The molecule has 212 valence electrons. The Balaban J connectivity index is 1.98. The van der Waals surface area contributed by atoms with Gasteiger partial charge in [0, 0.05) is 10.0 Å². The summed E-state index contributed by atoms with van der Waals surface area (Å²) in [5, 5.41) is 0. The third-order valence-electron chi connectivity index (χ3n) is 6.01. The number of esters is 1. The van der Waals surface area contributed by atoms with E-state index < -0.39 is 12.0 Å². The molecular formula is C29H30Br2N2O6S. The zero-order chi connectivity index (χ0) is 29.0. The zero-order valence-electron chi connectivity index (χ0n) is 22.9. The number of fused-ring (bicyclic) bond motifs is 1. The van der Waals surface area contributed by atoms with Crippen molar-refractivity contribution in [2.75, 3.05) is 26.4 Å². The van der Waals surface area contributed by atoms with Crippen molar-refractivity contribution in [1.29, 1.82) is 0 Å². The van der Waals surface area contributed by atoms with E-state index in [1.54, 1.807) is 30.6 Å². The molecule has 1 aliphatic heterocycles. The van der Waals surface area contributed by atoms with Crippen LogP contribution in [0.3, 0.4) is 0 Å². The van der Waals surface area contributed by atoms with Gasteiger partial charge in [0.1, 0.15) is 5.75 Å². The second kappa shape index (κ2) is 13.2. The van der Waals surface area contributed by atoms with Gasteiger partial charge < -0.3 is 18.9 Å². The Morgan fingerprint density at radius 3 is 2.38 bits per heavy atom. The number of benzene rings is 2. The summed E-state index contributed by atoms with van der Waals surface area (Å²) in [5.41, 5.74) is 1.91. The van der Waals surface area contributed by atoms with Crippen LogP contribution in [0.2, 0.25) is 0 Å². The molecule has 0 unspecified atom stereocenters. The van der Waals surface area contributed by atoms with Crippen molar-refractivity contribution in [3.63, 3.8) is 0 Å². The summed E-state index contributed by atoms with van der Waals surface area (Å²) in [6, 6.07) is 8.46. The van der Waals surface area contributed by atoms with E-state index in [1.165, 1.54) is 11.3 Å². The molecule has 0 spiro atoms. The van der Waals surface area contributed by atoms with Crippen LogP contribution in [0.15, 0.2) is 60.3 Å². The normalized spacial score (nSPS) is 15.0. The summed E-state index contributed by atoms with van der Waals surface area (Å²) in [6.45, 7) is 10.7. The van der Waals surface area contributed by atoms with Crippen molar-refractivity contribution in [1.82, 2.24) is 4.57 Å². The summed E-state index contributed by atoms with van der Waals surface area (Å²) in [4.78, 5) is 32.4. The van der Waals surface area contributed by atoms with Gasteiger partial charge in [-0.15, -0.1) is 0 Å². The summed E-state index contributed by atoms with van der Waals surface area (Å²) >= 11 is 8.33. The second-order valence-electron chi connectivity index (χ2n) is 8.61. The number of carbonyl (C=O) groups is 1. The Kier molecular flexibility index (Phi) is 9.91. The van der Waals surface area contributed by atoms with Gasteiger partial charge in [0.25, 0.3) is 5.56 Å². The predicted octanol–water partition coefficient (Wildman–Crippen LogP) is 5.52. The highest BCUT2D eigenvalue weighted by molar-refractivity contribution is 9.11. The fourth-order valence-corrected chi connectivity index (χ4v) is 6.88. The number of hydrogen-bond acceptors (Lipinski definition) is 8. The summed E-state index contributed by atoms with van der Waals surface area (Å²) in [6.07, 6.45) is 1.79. The van der Waals surface area contributed by atoms with Crippen LogP contribution in [-0.4, -0.2) is 37.0 Å². The molecular weight excluding hydrogens is 664 g/mol. The van der Waals surface area contributed by atoms with E-state index in [1.807, 2.05) is 45.0 Å². The lowest BCUT2D eigenvalue weighted by Gasteiger charge is -2.25. The molecule has 1 aliphatic rings. The van der Waals surface area contributed by atoms with Crippen molar-refractivity contribution in [3.05, 3.63) is 81.4 Å². The highest BCUT2D eigenvalue weighted by Gasteiger charge is 2.34. The molecule has 40 heavy (non-hydrogen) atoms. The molecule has 2 heterocycles. The van der Waals surface area contributed by atoms with E-state index >= 15 is 0 Å². The average molecular weight is 694 g/mol. The number of ether oxygens (including phenoxy) is 4. The second-order valence-corrected chi connectivity index (χ2v) is 11.4. The van der Waals surface area contributed by atoms with Crippen molar-refractivity contribution in [2.45, 2.75) is 40.7 Å². The Hall–Kier alpha value is -2.89. The Morgan fingerprint density at radius 2 is 1.70 bits per heavy atom. The largest absolute Gasteiger partial charge is 0.492 e. The summed E-state index contributed by atoms with van der Waals surface area (Å²) < 4.78 is 26.5. The maximum Gasteiger partial charge on any atom is 0.338 e. The highest BCUT2D eigenvalue weighted by Crippen LogP contribution is 2.37. The lowest BCUT2D eigenvalue weighted by atomic mass is 9.95. The lowest BCUT2D eigenvalue weighted by Crippen LogP contribution is -2.40. The number of carbonyl (C=O) groups excluding carboxylic acids is 1. The average Bonchev–Trinajstić information content (AvgIpc) is 3.20. The van der Waals surface area contributed by atoms with Gasteiger partial charge in [-0.2, -0.15) is 0 Å². The van der Waals surface area contributed by atoms with Crippen molar-refractivity contribution < 1.29 is 23.7 Å². The number of allylic oxidation sites excluding steroid dienone is 1. The number of rotatable bonds is 10. The van der Waals surface area contributed by atoms with Crippen LogP contribution < -0.4 is 29.1 Å².